The first-order valence-corrected chi connectivity index (χ1v) is 15.8. The Balaban J connectivity index is 1.24. The molecule has 2 aromatic carbocycles. The molecule has 2 fully saturated rings. The maximum Gasteiger partial charge on any atom is 0.254 e. The molecule has 0 bridgehead atoms. The van der Waals surface area contributed by atoms with E-state index in [1.54, 1.807) is 12.1 Å². The number of amides is 1. The lowest BCUT2D eigenvalue weighted by atomic mass is 9.98. The summed E-state index contributed by atoms with van der Waals surface area (Å²) in [6, 6.07) is 17.7. The van der Waals surface area contributed by atoms with Crippen LogP contribution in [0.25, 0.3) is 0 Å². The Morgan fingerprint density at radius 1 is 0.878 bits per heavy atom. The summed E-state index contributed by atoms with van der Waals surface area (Å²) in [5.41, 5.74) is 6.29. The second-order valence-electron chi connectivity index (χ2n) is 10.9. The Morgan fingerprint density at radius 3 is 2.20 bits per heavy atom. The normalized spacial score (nSPS) is 16.5. The van der Waals surface area contributed by atoms with Crippen molar-refractivity contribution >= 4 is 27.1 Å². The summed E-state index contributed by atoms with van der Waals surface area (Å²) in [7, 11) is -3.46. The summed E-state index contributed by atoms with van der Waals surface area (Å²) in [6.07, 6.45) is 2.66. The van der Waals surface area contributed by atoms with Crippen LogP contribution in [0.1, 0.15) is 32.6 Å². The fourth-order valence-electron chi connectivity index (χ4n) is 5.76. The average molecular weight is 573 g/mol. The van der Waals surface area contributed by atoms with E-state index < -0.39 is 9.84 Å². The summed E-state index contributed by atoms with van der Waals surface area (Å²) >= 11 is 0. The Hall–Kier alpha value is -3.94. The Labute approximate surface area is 242 Å². The molecule has 1 aromatic heterocycles. The number of carbonyl (C=O) groups is 1. The van der Waals surface area contributed by atoms with Crippen LogP contribution in [0.3, 0.4) is 0 Å². The van der Waals surface area contributed by atoms with Crippen LogP contribution >= 0.6 is 0 Å². The molecule has 0 aliphatic carbocycles. The van der Waals surface area contributed by atoms with Crippen LogP contribution in [-0.4, -0.2) is 87.7 Å². The largest absolute Gasteiger partial charge is 0.368 e. The molecule has 3 heterocycles. The molecule has 5 rings (SSSR count). The SMILES string of the molecule is Cc1cc(C)c(C(=O)N2CCN(c3cccnc3S(C)(=O)=O)CC2)cc1CN1CCN(c2ccccc2C#N)CC1. The molecule has 3 aromatic rings. The average Bonchev–Trinajstić information content (AvgIpc) is 2.98. The quantitative estimate of drug-likeness (QED) is 0.444. The van der Waals surface area contributed by atoms with Gasteiger partial charge in [0.1, 0.15) is 6.07 Å². The Bertz CT molecular complexity index is 1580. The number of nitrogens with zero attached hydrogens (tertiary/aromatic N) is 6. The van der Waals surface area contributed by atoms with Crippen LogP contribution < -0.4 is 9.80 Å². The maximum atomic E-state index is 13.7. The molecule has 0 N–H and O–H groups in total. The molecular weight excluding hydrogens is 536 g/mol. The molecule has 0 saturated carbocycles. The van der Waals surface area contributed by atoms with E-state index in [-0.39, 0.29) is 10.9 Å². The molecule has 0 atom stereocenters. The van der Waals surface area contributed by atoms with Crippen molar-refractivity contribution in [1.29, 1.82) is 5.26 Å². The standard InChI is InChI=1S/C31H36N6O3S/c1-23-19-24(2)27(20-26(23)22-34-11-13-35(14-12-34)28-8-5-4-7-25(28)21-32)31(38)37-17-15-36(16-18-37)29-9-6-10-33-30(29)41(3,39)40/h4-10,19-20H,11-18,22H2,1-3H3. The molecule has 2 aliphatic heterocycles. The van der Waals surface area contributed by atoms with Crippen LogP contribution in [0.4, 0.5) is 11.4 Å². The highest BCUT2D eigenvalue weighted by Crippen LogP contribution is 2.26. The number of anilines is 2. The summed E-state index contributed by atoms with van der Waals surface area (Å²) < 4.78 is 24.5. The molecule has 2 saturated heterocycles. The van der Waals surface area contributed by atoms with Gasteiger partial charge in [0.05, 0.1) is 16.9 Å². The number of aryl methyl sites for hydroxylation is 2. The molecule has 0 unspecified atom stereocenters. The lowest BCUT2D eigenvalue weighted by Crippen LogP contribution is -2.49. The highest BCUT2D eigenvalue weighted by molar-refractivity contribution is 7.90. The smallest absolute Gasteiger partial charge is 0.254 e. The van der Waals surface area contributed by atoms with Gasteiger partial charge in [-0.15, -0.1) is 0 Å². The van der Waals surface area contributed by atoms with Crippen LogP contribution in [0, 0.1) is 25.2 Å². The number of carbonyl (C=O) groups excluding carboxylic acids is 1. The van der Waals surface area contributed by atoms with Gasteiger partial charge in [-0.2, -0.15) is 5.26 Å². The summed E-state index contributed by atoms with van der Waals surface area (Å²) in [5, 5.41) is 9.55. The number of pyridine rings is 1. The van der Waals surface area contributed by atoms with E-state index in [1.807, 2.05) is 41.0 Å². The van der Waals surface area contributed by atoms with Crippen LogP contribution in [0.2, 0.25) is 0 Å². The Kier molecular flexibility index (Phi) is 8.29. The lowest BCUT2D eigenvalue weighted by Gasteiger charge is -2.37. The van der Waals surface area contributed by atoms with Crippen LogP contribution in [0.15, 0.2) is 59.8 Å². The third-order valence-corrected chi connectivity index (χ3v) is 9.07. The third kappa shape index (κ3) is 6.21. The van der Waals surface area contributed by atoms with Gasteiger partial charge in [-0.05, 0) is 60.9 Å². The number of sulfone groups is 1. The van der Waals surface area contributed by atoms with Crippen molar-refractivity contribution in [3.05, 3.63) is 82.5 Å². The number of hydrogen-bond donors (Lipinski definition) is 0. The van der Waals surface area contributed by atoms with Gasteiger partial charge in [0.25, 0.3) is 5.91 Å². The number of rotatable bonds is 6. The summed E-state index contributed by atoms with van der Waals surface area (Å²) in [5.74, 6) is 0.0100. The van der Waals surface area contributed by atoms with E-state index in [1.165, 1.54) is 18.0 Å². The monoisotopic (exact) mass is 572 g/mol. The van der Waals surface area contributed by atoms with Gasteiger partial charge in [0, 0.05) is 76.9 Å². The van der Waals surface area contributed by atoms with Gasteiger partial charge in [0.2, 0.25) is 0 Å². The van der Waals surface area contributed by atoms with E-state index in [4.69, 9.17) is 0 Å². The van der Waals surface area contributed by atoms with Gasteiger partial charge in [-0.25, -0.2) is 13.4 Å². The number of aromatic nitrogens is 1. The minimum Gasteiger partial charge on any atom is -0.368 e. The fourth-order valence-corrected chi connectivity index (χ4v) is 6.59. The molecule has 10 heteroatoms. The van der Waals surface area contributed by atoms with Crippen molar-refractivity contribution in [2.75, 3.05) is 68.4 Å². The third-order valence-electron chi connectivity index (χ3n) is 8.05. The van der Waals surface area contributed by atoms with Crippen molar-refractivity contribution in [2.45, 2.75) is 25.4 Å². The van der Waals surface area contributed by atoms with Crippen molar-refractivity contribution < 1.29 is 13.2 Å². The van der Waals surface area contributed by atoms with Gasteiger partial charge in [0.15, 0.2) is 14.9 Å². The van der Waals surface area contributed by atoms with Crippen molar-refractivity contribution in [2.24, 2.45) is 0 Å². The molecule has 0 radical (unpaired) electrons. The summed E-state index contributed by atoms with van der Waals surface area (Å²) in [6.45, 7) is 10.4. The molecular formula is C31H36N6O3S. The van der Waals surface area contributed by atoms with Gasteiger partial charge in [-0.1, -0.05) is 18.2 Å². The maximum absolute atomic E-state index is 13.7. The van der Waals surface area contributed by atoms with E-state index in [2.05, 4.69) is 39.9 Å². The van der Waals surface area contributed by atoms with Gasteiger partial charge < -0.3 is 14.7 Å². The summed E-state index contributed by atoms with van der Waals surface area (Å²) in [4.78, 5) is 26.3. The minimum atomic E-state index is -3.46. The lowest BCUT2D eigenvalue weighted by molar-refractivity contribution is 0.0745. The second kappa shape index (κ2) is 11.9. The molecule has 2 aliphatic rings. The fraction of sp³-hybridized carbons (Fsp3) is 0.387. The molecule has 214 valence electrons. The predicted molar refractivity (Wildman–Crippen MR) is 160 cm³/mol. The van der Waals surface area contributed by atoms with E-state index in [0.717, 1.165) is 55.1 Å². The van der Waals surface area contributed by atoms with Crippen molar-refractivity contribution in [3.63, 3.8) is 0 Å². The molecule has 0 spiro atoms. The topological polar surface area (TPSA) is 101 Å². The zero-order valence-corrected chi connectivity index (χ0v) is 24.7. The zero-order valence-electron chi connectivity index (χ0n) is 23.9. The number of piperazine rings is 2. The van der Waals surface area contributed by atoms with Crippen molar-refractivity contribution in [1.82, 2.24) is 14.8 Å². The Morgan fingerprint density at radius 2 is 1.51 bits per heavy atom. The molecule has 9 nitrogen and oxygen atoms in total. The van der Waals surface area contributed by atoms with E-state index >= 15 is 0 Å². The number of nitriles is 1. The highest BCUT2D eigenvalue weighted by atomic mass is 32.2. The van der Waals surface area contributed by atoms with Crippen LogP contribution in [0.5, 0.6) is 0 Å². The first-order chi connectivity index (χ1) is 19.7. The van der Waals surface area contributed by atoms with Crippen LogP contribution in [-0.2, 0) is 16.4 Å². The van der Waals surface area contributed by atoms with Gasteiger partial charge in [-0.3, -0.25) is 9.69 Å². The zero-order chi connectivity index (χ0) is 29.1. The number of hydrogen-bond acceptors (Lipinski definition) is 8. The van der Waals surface area contributed by atoms with Gasteiger partial charge >= 0.3 is 0 Å². The highest BCUT2D eigenvalue weighted by Gasteiger charge is 2.27. The van der Waals surface area contributed by atoms with Crippen molar-refractivity contribution in [3.8, 4) is 6.07 Å². The first kappa shape index (κ1) is 28.6. The molecule has 41 heavy (non-hydrogen) atoms. The number of para-hydroxylation sites is 1. The second-order valence-corrected chi connectivity index (χ2v) is 12.8. The van der Waals surface area contributed by atoms with E-state index in [9.17, 15) is 18.5 Å². The minimum absolute atomic E-state index is 0.0100. The van der Waals surface area contributed by atoms with E-state index in [0.29, 0.717) is 37.4 Å². The number of benzene rings is 2. The predicted octanol–water partition coefficient (Wildman–Crippen LogP) is 3.26. The molecule has 1 amide bonds. The first-order valence-electron chi connectivity index (χ1n) is 13.9.